The van der Waals surface area contributed by atoms with E-state index in [2.05, 4.69) is 5.10 Å². The van der Waals surface area contributed by atoms with Gasteiger partial charge in [0.25, 0.3) is 5.91 Å². The highest BCUT2D eigenvalue weighted by atomic mass is 32.1. The summed E-state index contributed by atoms with van der Waals surface area (Å²) < 4.78 is 1.64. The zero-order valence-corrected chi connectivity index (χ0v) is 11.3. The smallest absolute Gasteiger partial charge is 0.257 e. The fourth-order valence-electron chi connectivity index (χ4n) is 1.63. The van der Waals surface area contributed by atoms with Crippen LogP contribution in [0, 0.1) is 6.92 Å². The van der Waals surface area contributed by atoms with Crippen LogP contribution in [-0.4, -0.2) is 38.7 Å². The number of nitrogens with zero attached hydrogens (tertiary/aromatic N) is 3. The Bertz CT molecular complexity index is 427. The molecule has 2 N–H and O–H groups in total. The van der Waals surface area contributed by atoms with Gasteiger partial charge in [-0.2, -0.15) is 5.10 Å². The SMILES string of the molecule is CCN(CCC(N)=S)C(=O)c1cn(C)nc1C. The molecule has 1 rings (SSSR count). The molecule has 1 heterocycles. The van der Waals surface area contributed by atoms with Crippen molar-refractivity contribution in [2.45, 2.75) is 20.3 Å². The molecule has 0 fully saturated rings. The van der Waals surface area contributed by atoms with Gasteiger partial charge in [-0.1, -0.05) is 12.2 Å². The number of hydrogen-bond acceptors (Lipinski definition) is 3. The second-order valence-electron chi connectivity index (χ2n) is 3.90. The summed E-state index contributed by atoms with van der Waals surface area (Å²) in [5, 5.41) is 4.16. The molecule has 17 heavy (non-hydrogen) atoms. The number of carbonyl (C=O) groups excluding carboxylic acids is 1. The fraction of sp³-hybridized carbons (Fsp3) is 0.545. The van der Waals surface area contributed by atoms with Crippen LogP contribution in [-0.2, 0) is 7.05 Å². The molecular formula is C11H18N4OS. The molecule has 0 bridgehead atoms. The Hall–Kier alpha value is -1.43. The molecule has 0 aliphatic rings. The van der Waals surface area contributed by atoms with Gasteiger partial charge in [0.1, 0.15) is 0 Å². The first-order valence-corrected chi connectivity index (χ1v) is 5.94. The lowest BCUT2D eigenvalue weighted by molar-refractivity contribution is 0.0768. The van der Waals surface area contributed by atoms with E-state index in [-0.39, 0.29) is 5.91 Å². The molecule has 0 atom stereocenters. The minimum Gasteiger partial charge on any atom is -0.393 e. The largest absolute Gasteiger partial charge is 0.393 e. The van der Waals surface area contributed by atoms with Gasteiger partial charge in [0.2, 0.25) is 0 Å². The van der Waals surface area contributed by atoms with E-state index in [1.165, 1.54) is 0 Å². The molecule has 6 heteroatoms. The third-order valence-electron chi connectivity index (χ3n) is 2.54. The Morgan fingerprint density at radius 3 is 2.71 bits per heavy atom. The maximum atomic E-state index is 12.2. The monoisotopic (exact) mass is 254 g/mol. The minimum atomic E-state index is -0.0191. The van der Waals surface area contributed by atoms with Crippen LogP contribution < -0.4 is 5.73 Å². The second-order valence-corrected chi connectivity index (χ2v) is 4.43. The van der Waals surface area contributed by atoms with Gasteiger partial charge < -0.3 is 10.6 Å². The Morgan fingerprint density at radius 2 is 2.29 bits per heavy atom. The van der Waals surface area contributed by atoms with Crippen LogP contribution in [0.4, 0.5) is 0 Å². The number of hydrogen-bond donors (Lipinski definition) is 1. The highest BCUT2D eigenvalue weighted by molar-refractivity contribution is 7.80. The number of aromatic nitrogens is 2. The highest BCUT2D eigenvalue weighted by Gasteiger charge is 2.18. The maximum Gasteiger partial charge on any atom is 0.257 e. The van der Waals surface area contributed by atoms with E-state index in [1.807, 2.05) is 13.8 Å². The lowest BCUT2D eigenvalue weighted by Crippen LogP contribution is -2.33. The van der Waals surface area contributed by atoms with Gasteiger partial charge in [-0.3, -0.25) is 9.48 Å². The van der Waals surface area contributed by atoms with E-state index in [0.717, 1.165) is 5.69 Å². The van der Waals surface area contributed by atoms with Crippen LogP contribution in [0.15, 0.2) is 6.20 Å². The molecule has 0 radical (unpaired) electrons. The first-order chi connectivity index (χ1) is 7.95. The average Bonchev–Trinajstić information content (AvgIpc) is 2.58. The predicted octanol–water partition coefficient (Wildman–Crippen LogP) is 0.867. The minimum absolute atomic E-state index is 0.0191. The third kappa shape index (κ3) is 3.52. The van der Waals surface area contributed by atoms with E-state index < -0.39 is 0 Å². The summed E-state index contributed by atoms with van der Waals surface area (Å²) >= 11 is 4.82. The number of thiocarbonyl (C=S) groups is 1. The van der Waals surface area contributed by atoms with Crippen molar-refractivity contribution in [2.75, 3.05) is 13.1 Å². The third-order valence-corrected chi connectivity index (χ3v) is 2.75. The standard InChI is InChI=1S/C11H18N4OS/c1-4-15(6-5-10(12)17)11(16)9-7-14(3)13-8(9)2/h7H,4-6H2,1-3H3,(H2,12,17). The van der Waals surface area contributed by atoms with Crippen LogP contribution in [0.3, 0.4) is 0 Å². The Labute approximate surface area is 107 Å². The van der Waals surface area contributed by atoms with Crippen molar-refractivity contribution in [1.29, 1.82) is 0 Å². The number of amides is 1. The Kier molecular flexibility index (Phi) is 4.62. The van der Waals surface area contributed by atoms with Gasteiger partial charge in [0.15, 0.2) is 0 Å². The molecule has 0 unspecified atom stereocenters. The summed E-state index contributed by atoms with van der Waals surface area (Å²) in [5.74, 6) is -0.0191. The quantitative estimate of drug-likeness (QED) is 0.792. The molecule has 1 aromatic heterocycles. The van der Waals surface area contributed by atoms with Crippen LogP contribution in [0.25, 0.3) is 0 Å². The number of carbonyl (C=O) groups is 1. The molecule has 5 nitrogen and oxygen atoms in total. The van der Waals surface area contributed by atoms with Crippen molar-refractivity contribution in [3.05, 3.63) is 17.5 Å². The second kappa shape index (κ2) is 5.77. The fourth-order valence-corrected chi connectivity index (χ4v) is 1.72. The average molecular weight is 254 g/mol. The van der Waals surface area contributed by atoms with E-state index in [0.29, 0.717) is 30.1 Å². The Balaban J connectivity index is 2.79. The van der Waals surface area contributed by atoms with Crippen molar-refractivity contribution in [3.8, 4) is 0 Å². The normalized spacial score (nSPS) is 10.3. The lowest BCUT2D eigenvalue weighted by atomic mass is 10.2. The summed E-state index contributed by atoms with van der Waals surface area (Å²) in [6.45, 7) is 4.95. The van der Waals surface area contributed by atoms with Crippen molar-refractivity contribution in [3.63, 3.8) is 0 Å². The van der Waals surface area contributed by atoms with Crippen LogP contribution in [0.2, 0.25) is 0 Å². The van der Waals surface area contributed by atoms with Crippen molar-refractivity contribution in [2.24, 2.45) is 12.8 Å². The van der Waals surface area contributed by atoms with E-state index in [1.54, 1.807) is 22.8 Å². The van der Waals surface area contributed by atoms with E-state index in [9.17, 15) is 4.79 Å². The first-order valence-electron chi connectivity index (χ1n) is 5.53. The highest BCUT2D eigenvalue weighted by Crippen LogP contribution is 2.09. The molecule has 0 aliphatic carbocycles. The molecule has 0 aliphatic heterocycles. The predicted molar refractivity (Wildman–Crippen MR) is 70.9 cm³/mol. The summed E-state index contributed by atoms with van der Waals surface area (Å²) in [4.78, 5) is 14.4. The molecule has 0 aromatic carbocycles. The molecule has 0 saturated heterocycles. The van der Waals surface area contributed by atoms with Gasteiger partial charge in [-0.25, -0.2) is 0 Å². The van der Waals surface area contributed by atoms with Gasteiger partial charge in [-0.05, 0) is 13.8 Å². The molecule has 94 valence electrons. The van der Waals surface area contributed by atoms with E-state index >= 15 is 0 Å². The molecule has 0 spiro atoms. The molecule has 1 amide bonds. The van der Waals surface area contributed by atoms with Gasteiger partial charge >= 0.3 is 0 Å². The van der Waals surface area contributed by atoms with Crippen molar-refractivity contribution in [1.82, 2.24) is 14.7 Å². The van der Waals surface area contributed by atoms with Gasteiger partial charge in [0.05, 0.1) is 16.2 Å². The van der Waals surface area contributed by atoms with Crippen LogP contribution in [0.1, 0.15) is 29.4 Å². The number of rotatable bonds is 5. The van der Waals surface area contributed by atoms with Crippen molar-refractivity contribution < 1.29 is 4.79 Å². The molecular weight excluding hydrogens is 236 g/mol. The lowest BCUT2D eigenvalue weighted by Gasteiger charge is -2.20. The summed E-state index contributed by atoms with van der Waals surface area (Å²) in [7, 11) is 1.80. The summed E-state index contributed by atoms with van der Waals surface area (Å²) in [6, 6.07) is 0. The van der Waals surface area contributed by atoms with E-state index in [4.69, 9.17) is 18.0 Å². The summed E-state index contributed by atoms with van der Waals surface area (Å²) in [5.41, 5.74) is 6.82. The summed E-state index contributed by atoms with van der Waals surface area (Å²) in [6.07, 6.45) is 2.29. The van der Waals surface area contributed by atoms with Crippen molar-refractivity contribution >= 4 is 23.1 Å². The van der Waals surface area contributed by atoms with Gasteiger partial charge in [-0.15, -0.1) is 0 Å². The zero-order chi connectivity index (χ0) is 13.0. The molecule has 0 saturated carbocycles. The number of nitrogens with two attached hydrogens (primary N) is 1. The zero-order valence-electron chi connectivity index (χ0n) is 10.4. The number of aryl methyl sites for hydroxylation is 2. The maximum absolute atomic E-state index is 12.2. The Morgan fingerprint density at radius 1 is 1.65 bits per heavy atom. The van der Waals surface area contributed by atoms with Crippen LogP contribution >= 0.6 is 12.2 Å². The van der Waals surface area contributed by atoms with Gasteiger partial charge in [0, 0.05) is 32.8 Å². The molecule has 1 aromatic rings. The first kappa shape index (κ1) is 13.6. The van der Waals surface area contributed by atoms with Crippen LogP contribution in [0.5, 0.6) is 0 Å². The topological polar surface area (TPSA) is 64.2 Å².